The Morgan fingerprint density at radius 1 is 1.28 bits per heavy atom. The predicted molar refractivity (Wildman–Crippen MR) is 58.3 cm³/mol. The van der Waals surface area contributed by atoms with Crippen molar-refractivity contribution in [1.29, 1.82) is 0 Å². The summed E-state index contributed by atoms with van der Waals surface area (Å²) in [6.45, 7) is 0.838. The number of aromatic nitrogens is 2. The summed E-state index contributed by atoms with van der Waals surface area (Å²) < 4.78 is 52.8. The molecule has 0 aliphatic rings. The Hall–Kier alpha value is -1.63. The molecule has 18 heavy (non-hydrogen) atoms. The number of benzene rings is 1. The first-order valence-electron chi connectivity index (χ1n) is 5.12. The molecule has 98 valence electrons. The Morgan fingerprint density at radius 2 is 1.89 bits per heavy atom. The van der Waals surface area contributed by atoms with Crippen molar-refractivity contribution in [3.63, 3.8) is 0 Å². The quantitative estimate of drug-likeness (QED) is 0.801. The lowest BCUT2D eigenvalue weighted by molar-refractivity contribution is -0.186. The number of aryl methyl sites for hydroxylation is 1. The number of imidazole rings is 1. The highest BCUT2D eigenvalue weighted by molar-refractivity contribution is 5.76. The summed E-state index contributed by atoms with van der Waals surface area (Å²) in [7, 11) is 1.42. The van der Waals surface area contributed by atoms with Gasteiger partial charge in [0.2, 0.25) is 0 Å². The molecule has 1 unspecified atom stereocenters. The van der Waals surface area contributed by atoms with E-state index >= 15 is 0 Å². The van der Waals surface area contributed by atoms with Gasteiger partial charge in [-0.05, 0) is 19.1 Å². The van der Waals surface area contributed by atoms with E-state index in [2.05, 4.69) is 4.98 Å². The maximum absolute atomic E-state index is 13.0. The van der Waals surface area contributed by atoms with Gasteiger partial charge in [0.15, 0.2) is 5.54 Å². The van der Waals surface area contributed by atoms with Gasteiger partial charge in [-0.25, -0.2) is 9.37 Å². The molecule has 2 aromatic rings. The van der Waals surface area contributed by atoms with Crippen molar-refractivity contribution in [2.24, 2.45) is 12.8 Å². The van der Waals surface area contributed by atoms with E-state index in [1.54, 1.807) is 0 Å². The van der Waals surface area contributed by atoms with Gasteiger partial charge in [-0.15, -0.1) is 0 Å². The van der Waals surface area contributed by atoms with Crippen molar-refractivity contribution >= 4 is 11.0 Å². The third kappa shape index (κ3) is 1.74. The molecule has 7 heteroatoms. The maximum atomic E-state index is 13.0. The molecule has 0 aliphatic carbocycles. The highest BCUT2D eigenvalue weighted by atomic mass is 19.4. The van der Waals surface area contributed by atoms with E-state index in [9.17, 15) is 17.6 Å². The van der Waals surface area contributed by atoms with Crippen LogP contribution in [0.25, 0.3) is 11.0 Å². The fraction of sp³-hybridized carbons (Fsp3) is 0.364. The summed E-state index contributed by atoms with van der Waals surface area (Å²) in [5.74, 6) is -0.909. The summed E-state index contributed by atoms with van der Waals surface area (Å²) in [5.41, 5.74) is 3.27. The molecular weight excluding hydrogens is 250 g/mol. The molecule has 0 saturated carbocycles. The largest absolute Gasteiger partial charge is 0.413 e. The highest BCUT2D eigenvalue weighted by Crippen LogP contribution is 2.36. The molecular formula is C11H11F4N3. The first-order valence-corrected chi connectivity index (χ1v) is 5.12. The molecule has 2 N–H and O–H groups in total. The van der Waals surface area contributed by atoms with Gasteiger partial charge in [-0.3, -0.25) is 0 Å². The van der Waals surface area contributed by atoms with Crippen LogP contribution in [0.3, 0.4) is 0 Å². The highest BCUT2D eigenvalue weighted by Gasteiger charge is 2.52. The van der Waals surface area contributed by atoms with Crippen LogP contribution in [0.5, 0.6) is 0 Å². The molecule has 0 aliphatic heterocycles. The molecule has 0 fully saturated rings. The van der Waals surface area contributed by atoms with Gasteiger partial charge in [-0.2, -0.15) is 13.2 Å². The number of fused-ring (bicyclic) bond motifs is 1. The van der Waals surface area contributed by atoms with Crippen LogP contribution in [0.2, 0.25) is 0 Å². The van der Waals surface area contributed by atoms with Crippen LogP contribution in [0.4, 0.5) is 17.6 Å². The Bertz CT molecular complexity index is 598. The Kier molecular flexibility index (Phi) is 2.62. The smallest absolute Gasteiger partial charge is 0.329 e. The first-order chi connectivity index (χ1) is 8.14. The van der Waals surface area contributed by atoms with E-state index in [-0.39, 0.29) is 11.3 Å². The second-order valence-corrected chi connectivity index (χ2v) is 4.33. The second-order valence-electron chi connectivity index (χ2n) is 4.33. The molecule has 2 rings (SSSR count). The van der Waals surface area contributed by atoms with Crippen LogP contribution < -0.4 is 5.73 Å². The molecule has 3 nitrogen and oxygen atoms in total. The van der Waals surface area contributed by atoms with Gasteiger partial charge in [0.05, 0.1) is 11.0 Å². The van der Waals surface area contributed by atoms with Crippen LogP contribution in [0, 0.1) is 5.82 Å². The number of alkyl halides is 3. The van der Waals surface area contributed by atoms with Crippen molar-refractivity contribution < 1.29 is 17.6 Å². The standard InChI is InChI=1S/C11H11F4N3/c1-10(16,11(13,14)15)9-17-7-5-6(12)3-4-8(7)18(9)2/h3-5H,16H2,1-2H3. The fourth-order valence-corrected chi connectivity index (χ4v) is 1.76. The molecule has 0 bridgehead atoms. The molecule has 0 saturated heterocycles. The maximum Gasteiger partial charge on any atom is 0.413 e. The van der Waals surface area contributed by atoms with E-state index in [1.165, 1.54) is 17.7 Å². The van der Waals surface area contributed by atoms with Gasteiger partial charge in [0, 0.05) is 13.1 Å². The number of nitrogens with two attached hydrogens (primary N) is 1. The van der Waals surface area contributed by atoms with Crippen LogP contribution in [-0.2, 0) is 12.6 Å². The van der Waals surface area contributed by atoms with E-state index in [1.807, 2.05) is 0 Å². The van der Waals surface area contributed by atoms with Crippen molar-refractivity contribution in [3.8, 4) is 0 Å². The average molecular weight is 261 g/mol. The average Bonchev–Trinajstić information content (AvgIpc) is 2.54. The zero-order valence-corrected chi connectivity index (χ0v) is 9.72. The fourth-order valence-electron chi connectivity index (χ4n) is 1.76. The SMILES string of the molecule is Cn1c(C(C)(N)C(F)(F)F)nc2cc(F)ccc21. The Balaban J connectivity index is 2.70. The van der Waals surface area contributed by atoms with Crippen LogP contribution in [0.1, 0.15) is 12.7 Å². The molecule has 1 aromatic heterocycles. The molecule has 0 amide bonds. The minimum Gasteiger partial charge on any atom is -0.329 e. The molecule has 1 atom stereocenters. The van der Waals surface area contributed by atoms with Crippen molar-refractivity contribution in [2.45, 2.75) is 18.6 Å². The number of halogens is 4. The summed E-state index contributed by atoms with van der Waals surface area (Å²) in [5, 5.41) is 0. The van der Waals surface area contributed by atoms with Gasteiger partial charge in [-0.1, -0.05) is 0 Å². The normalized spacial score (nSPS) is 15.9. The summed E-state index contributed by atoms with van der Waals surface area (Å²) in [6.07, 6.45) is -4.64. The Labute approximate surface area is 100 Å². The predicted octanol–water partition coefficient (Wildman–Crippen LogP) is 2.45. The van der Waals surface area contributed by atoms with E-state index in [0.717, 1.165) is 19.1 Å². The lowest BCUT2D eigenvalue weighted by Crippen LogP contribution is -2.49. The zero-order chi connectivity index (χ0) is 13.7. The minimum absolute atomic E-state index is 0.147. The zero-order valence-electron chi connectivity index (χ0n) is 9.72. The molecule has 1 aromatic carbocycles. The number of hydrogen-bond donors (Lipinski definition) is 1. The minimum atomic E-state index is -4.64. The third-order valence-electron chi connectivity index (χ3n) is 2.90. The first kappa shape index (κ1) is 12.8. The lowest BCUT2D eigenvalue weighted by atomic mass is 10.0. The van der Waals surface area contributed by atoms with Crippen LogP contribution in [0.15, 0.2) is 18.2 Å². The number of nitrogens with zero attached hydrogens (tertiary/aromatic N) is 2. The monoisotopic (exact) mass is 261 g/mol. The van der Waals surface area contributed by atoms with Crippen LogP contribution in [-0.4, -0.2) is 15.7 Å². The number of rotatable bonds is 1. The molecule has 0 radical (unpaired) electrons. The van der Waals surface area contributed by atoms with E-state index in [4.69, 9.17) is 5.73 Å². The lowest BCUT2D eigenvalue weighted by Gasteiger charge is -2.26. The van der Waals surface area contributed by atoms with Gasteiger partial charge >= 0.3 is 6.18 Å². The third-order valence-corrected chi connectivity index (χ3v) is 2.90. The molecule has 1 heterocycles. The topological polar surface area (TPSA) is 43.8 Å². The molecule has 0 spiro atoms. The van der Waals surface area contributed by atoms with Crippen LogP contribution >= 0.6 is 0 Å². The Morgan fingerprint density at radius 3 is 2.44 bits per heavy atom. The van der Waals surface area contributed by atoms with E-state index in [0.29, 0.717) is 5.52 Å². The van der Waals surface area contributed by atoms with Gasteiger partial charge in [0.25, 0.3) is 0 Å². The summed E-state index contributed by atoms with van der Waals surface area (Å²) >= 11 is 0. The van der Waals surface area contributed by atoms with Crippen molar-refractivity contribution in [3.05, 3.63) is 29.8 Å². The van der Waals surface area contributed by atoms with Crippen molar-refractivity contribution in [2.75, 3.05) is 0 Å². The van der Waals surface area contributed by atoms with Gasteiger partial charge in [0.1, 0.15) is 11.6 Å². The van der Waals surface area contributed by atoms with Crippen molar-refractivity contribution in [1.82, 2.24) is 9.55 Å². The second kappa shape index (κ2) is 3.68. The van der Waals surface area contributed by atoms with E-state index < -0.39 is 17.5 Å². The van der Waals surface area contributed by atoms with Gasteiger partial charge < -0.3 is 10.3 Å². The summed E-state index contributed by atoms with van der Waals surface area (Å²) in [4.78, 5) is 3.79. The number of hydrogen-bond acceptors (Lipinski definition) is 2. The summed E-state index contributed by atoms with van der Waals surface area (Å²) in [6, 6.07) is 3.61.